The summed E-state index contributed by atoms with van der Waals surface area (Å²) < 4.78 is 0. The molecule has 0 spiro atoms. The fraction of sp³-hybridized carbons (Fsp3) is 0.111. The molecule has 1 aromatic rings. The second kappa shape index (κ2) is 6.05. The van der Waals surface area contributed by atoms with E-state index in [4.69, 9.17) is 5.41 Å². The highest BCUT2D eigenvalue weighted by atomic mass is 16.6. The lowest BCUT2D eigenvalue weighted by molar-refractivity contribution is -0.394. The Morgan fingerprint density at radius 1 is 1.37 bits per heavy atom. The maximum atomic E-state index is 10.8. The van der Waals surface area contributed by atoms with Gasteiger partial charge >= 0.3 is 0 Å². The summed E-state index contributed by atoms with van der Waals surface area (Å²) in [5.74, 6) is -0.0965. The molecule has 0 radical (unpaired) electrons. The van der Waals surface area contributed by atoms with Crippen molar-refractivity contribution in [3.63, 3.8) is 0 Å². The molecule has 0 bridgehead atoms. The molecule has 0 amide bonds. The Hall–Kier alpha value is -3.04. The Bertz CT molecular complexity index is 556. The fourth-order valence-corrected chi connectivity index (χ4v) is 1.14. The van der Waals surface area contributed by atoms with Crippen LogP contribution in [0.4, 0.5) is 11.4 Å². The van der Waals surface area contributed by atoms with Crippen LogP contribution in [0.5, 0.6) is 0 Å². The van der Waals surface area contributed by atoms with Crippen LogP contribution in [0, 0.1) is 25.6 Å². The molecule has 0 unspecified atom stereocenters. The first kappa shape index (κ1) is 14.0. The predicted octanol–water partition coefficient (Wildman–Crippen LogP) is 0.581. The number of hydrogen-bond acceptors (Lipinski definition) is 6. The number of nitrogens with one attached hydrogen (secondary N) is 3. The minimum absolute atomic E-state index is 0.0898. The van der Waals surface area contributed by atoms with Crippen LogP contribution >= 0.6 is 0 Å². The third kappa shape index (κ3) is 3.73. The van der Waals surface area contributed by atoms with Crippen LogP contribution in [0.2, 0.25) is 0 Å². The van der Waals surface area contributed by atoms with Gasteiger partial charge in [0.25, 0.3) is 11.4 Å². The first-order chi connectivity index (χ1) is 8.95. The number of nitrogens with zero attached hydrogens (tertiary/aromatic N) is 3. The van der Waals surface area contributed by atoms with Gasteiger partial charge in [-0.25, -0.2) is 5.43 Å². The molecule has 1 aromatic carbocycles. The summed E-state index contributed by atoms with van der Waals surface area (Å²) in [6.45, 7) is 0. The minimum atomic E-state index is -0.738. The summed E-state index contributed by atoms with van der Waals surface area (Å²) in [6, 6.07) is 3.20. The second-order valence-electron chi connectivity index (χ2n) is 3.25. The zero-order chi connectivity index (χ0) is 14.4. The highest BCUT2D eigenvalue weighted by molar-refractivity contribution is 5.87. The van der Waals surface area contributed by atoms with Crippen LogP contribution in [0.3, 0.4) is 0 Å². The molecule has 0 atom stereocenters. The predicted molar refractivity (Wildman–Crippen MR) is 67.3 cm³/mol. The summed E-state index contributed by atoms with van der Waals surface area (Å²) in [5.41, 5.74) is 1.55. The van der Waals surface area contributed by atoms with E-state index in [9.17, 15) is 20.2 Å². The van der Waals surface area contributed by atoms with Crippen molar-refractivity contribution in [2.75, 3.05) is 7.05 Å². The summed E-state index contributed by atoms with van der Waals surface area (Å²) in [7, 11) is 1.50. The van der Waals surface area contributed by atoms with E-state index in [-0.39, 0.29) is 17.2 Å². The van der Waals surface area contributed by atoms with Gasteiger partial charge in [-0.1, -0.05) is 0 Å². The third-order valence-corrected chi connectivity index (χ3v) is 2.05. The van der Waals surface area contributed by atoms with Gasteiger partial charge in [0.15, 0.2) is 0 Å². The molecule has 0 heterocycles. The third-order valence-electron chi connectivity index (χ3n) is 2.05. The molecule has 0 saturated carbocycles. The van der Waals surface area contributed by atoms with Gasteiger partial charge in [-0.05, 0) is 6.07 Å². The Kier molecular flexibility index (Phi) is 4.46. The van der Waals surface area contributed by atoms with Crippen molar-refractivity contribution in [3.8, 4) is 0 Å². The van der Waals surface area contributed by atoms with Crippen molar-refractivity contribution in [1.29, 1.82) is 5.41 Å². The maximum absolute atomic E-state index is 10.8. The average molecular weight is 266 g/mol. The van der Waals surface area contributed by atoms with Crippen molar-refractivity contribution < 1.29 is 9.85 Å². The van der Waals surface area contributed by atoms with Crippen LogP contribution in [-0.4, -0.2) is 29.1 Å². The zero-order valence-electron chi connectivity index (χ0n) is 9.78. The van der Waals surface area contributed by atoms with Crippen LogP contribution in [0.25, 0.3) is 0 Å². The van der Waals surface area contributed by atoms with E-state index in [2.05, 4.69) is 15.8 Å². The maximum Gasteiger partial charge on any atom is 0.285 e. The topological polar surface area (TPSA) is 147 Å². The second-order valence-corrected chi connectivity index (χ2v) is 3.25. The summed E-state index contributed by atoms with van der Waals surface area (Å²) in [4.78, 5) is 19.9. The first-order valence-electron chi connectivity index (χ1n) is 4.94. The summed E-state index contributed by atoms with van der Waals surface area (Å²) in [5, 5.41) is 34.5. The molecule has 3 N–H and O–H groups in total. The van der Waals surface area contributed by atoms with Gasteiger partial charge in [-0.15, -0.1) is 0 Å². The van der Waals surface area contributed by atoms with Gasteiger partial charge in [0.1, 0.15) is 0 Å². The Balaban J connectivity index is 3.04. The Labute approximate surface area is 106 Å². The molecule has 0 aliphatic rings. The zero-order valence-corrected chi connectivity index (χ0v) is 9.78. The number of non-ortho nitro benzene ring substituents is 1. The monoisotopic (exact) mass is 266 g/mol. The van der Waals surface area contributed by atoms with Gasteiger partial charge in [0, 0.05) is 13.1 Å². The Morgan fingerprint density at radius 2 is 2.05 bits per heavy atom. The van der Waals surface area contributed by atoms with Crippen molar-refractivity contribution in [2.45, 2.75) is 0 Å². The average Bonchev–Trinajstić information content (AvgIpc) is 2.38. The van der Waals surface area contributed by atoms with E-state index in [0.717, 1.165) is 18.3 Å². The van der Waals surface area contributed by atoms with Crippen LogP contribution in [0.1, 0.15) is 5.56 Å². The molecule has 0 saturated heterocycles. The van der Waals surface area contributed by atoms with E-state index in [1.54, 1.807) is 0 Å². The lowest BCUT2D eigenvalue weighted by Crippen LogP contribution is -2.29. The number of hydrogen-bond donors (Lipinski definition) is 3. The van der Waals surface area contributed by atoms with Crippen molar-refractivity contribution >= 4 is 23.5 Å². The summed E-state index contributed by atoms with van der Waals surface area (Å²) in [6.07, 6.45) is 1.10. The Morgan fingerprint density at radius 3 is 2.58 bits per heavy atom. The molecule has 0 aliphatic carbocycles. The molecule has 0 aliphatic heterocycles. The van der Waals surface area contributed by atoms with E-state index >= 15 is 0 Å². The fourth-order valence-electron chi connectivity index (χ4n) is 1.14. The van der Waals surface area contributed by atoms with Gasteiger partial charge in [0.05, 0.1) is 27.7 Å². The lowest BCUT2D eigenvalue weighted by atomic mass is 10.2. The van der Waals surface area contributed by atoms with Crippen molar-refractivity contribution in [3.05, 3.63) is 44.0 Å². The van der Waals surface area contributed by atoms with E-state index in [0.29, 0.717) is 0 Å². The number of benzene rings is 1. The molecule has 1 rings (SSSR count). The molecule has 0 fully saturated rings. The highest BCUT2D eigenvalue weighted by Gasteiger charge is 2.18. The molecule has 100 valence electrons. The minimum Gasteiger partial charge on any atom is -0.358 e. The molecule has 19 heavy (non-hydrogen) atoms. The van der Waals surface area contributed by atoms with E-state index < -0.39 is 15.5 Å². The first-order valence-corrected chi connectivity index (χ1v) is 4.94. The molecule has 10 heteroatoms. The van der Waals surface area contributed by atoms with Crippen LogP contribution in [-0.2, 0) is 0 Å². The standard InChI is InChI=1S/C9H10N6O4/c1-11-9(10)13-12-5-6-2-3-7(14(16)17)4-8(6)15(18)19/h2-5H,1H3,(H3,10,11,13)/b12-5+. The number of hydrazone groups is 1. The van der Waals surface area contributed by atoms with Gasteiger partial charge in [0.2, 0.25) is 5.96 Å². The van der Waals surface area contributed by atoms with Gasteiger partial charge < -0.3 is 5.32 Å². The van der Waals surface area contributed by atoms with Crippen LogP contribution in [0.15, 0.2) is 23.3 Å². The SMILES string of the molecule is CNC(=N)N/N=C/c1ccc([N+](=O)[O-])cc1[N+](=O)[O-]. The molecular weight excluding hydrogens is 256 g/mol. The van der Waals surface area contributed by atoms with E-state index in [1.807, 2.05) is 0 Å². The molecule has 10 nitrogen and oxygen atoms in total. The van der Waals surface area contributed by atoms with Crippen molar-refractivity contribution in [1.82, 2.24) is 10.7 Å². The van der Waals surface area contributed by atoms with Crippen LogP contribution < -0.4 is 10.7 Å². The molecule has 0 aromatic heterocycles. The van der Waals surface area contributed by atoms with Gasteiger partial charge in [-0.3, -0.25) is 25.6 Å². The number of nitro benzene ring substituents is 2. The smallest absolute Gasteiger partial charge is 0.285 e. The summed E-state index contributed by atoms with van der Waals surface area (Å²) >= 11 is 0. The number of nitro groups is 2. The molecular formula is C9H10N6O4. The highest BCUT2D eigenvalue weighted by Crippen LogP contribution is 2.23. The quantitative estimate of drug-likeness (QED) is 0.314. The largest absolute Gasteiger partial charge is 0.358 e. The number of guanidine groups is 1. The van der Waals surface area contributed by atoms with Crippen molar-refractivity contribution in [2.24, 2.45) is 5.10 Å². The lowest BCUT2D eigenvalue weighted by Gasteiger charge is -2.00. The normalized spacial score (nSPS) is 10.2. The van der Waals surface area contributed by atoms with E-state index in [1.165, 1.54) is 13.1 Å². The number of rotatable bonds is 4. The van der Waals surface area contributed by atoms with Gasteiger partial charge in [-0.2, -0.15) is 5.10 Å².